The molecule has 0 bridgehead atoms. The van der Waals surface area contributed by atoms with Crippen molar-refractivity contribution in [1.82, 2.24) is 20.2 Å². The van der Waals surface area contributed by atoms with E-state index < -0.39 is 0 Å². The van der Waals surface area contributed by atoms with Crippen molar-refractivity contribution in [2.75, 3.05) is 44.7 Å². The second-order valence-electron chi connectivity index (χ2n) is 6.98. The smallest absolute Gasteiger partial charge is 0.228 e. The number of likely N-dealkylation sites (N-methyl/N-ethyl adjacent to an activating group) is 1. The molecule has 1 aromatic carbocycles. The number of nitrogens with one attached hydrogen (secondary N) is 1. The van der Waals surface area contributed by atoms with Crippen LogP contribution in [0.5, 0.6) is 11.6 Å². The second kappa shape index (κ2) is 7.17. The average molecular weight is 357 g/mol. The first-order valence-electron chi connectivity index (χ1n) is 9.08. The molecule has 0 atom stereocenters. The summed E-state index contributed by atoms with van der Waals surface area (Å²) in [6, 6.07) is 4.77. The van der Waals surface area contributed by atoms with Gasteiger partial charge in [0.15, 0.2) is 0 Å². The molecule has 0 amide bonds. The number of ether oxygens (including phenoxy) is 1. The van der Waals surface area contributed by atoms with Crippen molar-refractivity contribution in [3.8, 4) is 11.6 Å². The Balaban J connectivity index is 1.67. The molecule has 0 saturated carbocycles. The molecule has 0 aliphatic carbocycles. The molecule has 4 rings (SSSR count). The number of anilines is 1. The number of rotatable bonds is 3. The predicted molar refractivity (Wildman–Crippen MR) is 98.4 cm³/mol. The van der Waals surface area contributed by atoms with Crippen LogP contribution in [0.1, 0.15) is 16.8 Å². The lowest BCUT2D eigenvalue weighted by Gasteiger charge is -2.33. The van der Waals surface area contributed by atoms with Gasteiger partial charge in [-0.05, 0) is 37.7 Å². The number of nitrogens with zero attached hydrogens (tertiary/aromatic N) is 4. The van der Waals surface area contributed by atoms with E-state index in [-0.39, 0.29) is 5.82 Å². The predicted octanol–water partition coefficient (Wildman–Crippen LogP) is 2.11. The highest BCUT2D eigenvalue weighted by Crippen LogP contribution is 2.30. The highest BCUT2D eigenvalue weighted by atomic mass is 19.1. The lowest BCUT2D eigenvalue weighted by Crippen LogP contribution is -2.45. The highest BCUT2D eigenvalue weighted by molar-refractivity contribution is 5.44. The van der Waals surface area contributed by atoms with E-state index in [2.05, 4.69) is 22.2 Å². The molecule has 1 saturated heterocycles. The molecule has 1 N–H and O–H groups in total. The van der Waals surface area contributed by atoms with Gasteiger partial charge in [0.1, 0.15) is 11.6 Å². The second-order valence-corrected chi connectivity index (χ2v) is 6.98. The van der Waals surface area contributed by atoms with Crippen molar-refractivity contribution in [2.45, 2.75) is 19.9 Å². The molecule has 1 aromatic heterocycles. The third-order valence-electron chi connectivity index (χ3n) is 5.01. The Morgan fingerprint density at radius 3 is 2.73 bits per heavy atom. The fraction of sp³-hybridized carbons (Fsp3) is 0.474. The van der Waals surface area contributed by atoms with Crippen LogP contribution >= 0.6 is 0 Å². The number of aryl methyl sites for hydroxylation is 1. The highest BCUT2D eigenvalue weighted by Gasteiger charge is 2.23. The van der Waals surface area contributed by atoms with Crippen molar-refractivity contribution in [2.24, 2.45) is 0 Å². The number of halogens is 1. The third-order valence-corrected chi connectivity index (χ3v) is 5.01. The SMILES string of the molecule is Cc1cc(Oc2nc(N3CCN(C)CC3)nc3c2CNCC3)ccc1F. The van der Waals surface area contributed by atoms with Crippen LogP contribution in [-0.2, 0) is 13.0 Å². The third kappa shape index (κ3) is 3.50. The summed E-state index contributed by atoms with van der Waals surface area (Å²) >= 11 is 0. The number of hydrogen-bond donors (Lipinski definition) is 1. The lowest BCUT2D eigenvalue weighted by molar-refractivity contribution is 0.310. The topological polar surface area (TPSA) is 53.5 Å². The number of hydrogen-bond acceptors (Lipinski definition) is 6. The van der Waals surface area contributed by atoms with E-state index in [0.29, 0.717) is 23.7 Å². The van der Waals surface area contributed by atoms with E-state index in [0.717, 1.165) is 56.4 Å². The zero-order valence-electron chi connectivity index (χ0n) is 15.3. The van der Waals surface area contributed by atoms with E-state index in [1.165, 1.54) is 6.07 Å². The van der Waals surface area contributed by atoms with Gasteiger partial charge in [0.2, 0.25) is 11.8 Å². The van der Waals surface area contributed by atoms with Gasteiger partial charge in [-0.15, -0.1) is 0 Å². The molecule has 2 aliphatic heterocycles. The van der Waals surface area contributed by atoms with Gasteiger partial charge in [0, 0.05) is 45.7 Å². The Kier molecular flexibility index (Phi) is 4.74. The van der Waals surface area contributed by atoms with Crippen molar-refractivity contribution in [3.63, 3.8) is 0 Å². The monoisotopic (exact) mass is 357 g/mol. The Bertz CT molecular complexity index is 805. The average Bonchev–Trinajstić information content (AvgIpc) is 2.65. The van der Waals surface area contributed by atoms with Gasteiger partial charge in [0.25, 0.3) is 0 Å². The van der Waals surface area contributed by atoms with Gasteiger partial charge in [-0.3, -0.25) is 0 Å². The molecule has 0 radical (unpaired) electrons. The van der Waals surface area contributed by atoms with Crippen molar-refractivity contribution >= 4 is 5.95 Å². The summed E-state index contributed by atoms with van der Waals surface area (Å²) < 4.78 is 19.6. The summed E-state index contributed by atoms with van der Waals surface area (Å²) in [7, 11) is 2.13. The molecule has 6 nitrogen and oxygen atoms in total. The number of benzene rings is 1. The summed E-state index contributed by atoms with van der Waals surface area (Å²) in [5, 5.41) is 3.35. The summed E-state index contributed by atoms with van der Waals surface area (Å²) in [5.41, 5.74) is 2.60. The molecule has 0 spiro atoms. The van der Waals surface area contributed by atoms with Crippen LogP contribution in [0.15, 0.2) is 18.2 Å². The maximum atomic E-state index is 13.5. The largest absolute Gasteiger partial charge is 0.438 e. The summed E-state index contributed by atoms with van der Waals surface area (Å²) in [5.74, 6) is 1.66. The van der Waals surface area contributed by atoms with E-state index >= 15 is 0 Å². The first-order chi connectivity index (χ1) is 12.6. The van der Waals surface area contributed by atoms with Gasteiger partial charge in [-0.2, -0.15) is 4.98 Å². The minimum absolute atomic E-state index is 0.234. The molecule has 3 heterocycles. The van der Waals surface area contributed by atoms with Crippen molar-refractivity contribution < 1.29 is 9.13 Å². The van der Waals surface area contributed by atoms with Gasteiger partial charge in [-0.25, -0.2) is 9.37 Å². The zero-order chi connectivity index (χ0) is 18.1. The molecule has 26 heavy (non-hydrogen) atoms. The normalized spacial score (nSPS) is 17.9. The van der Waals surface area contributed by atoms with Crippen LogP contribution in [0.25, 0.3) is 0 Å². The summed E-state index contributed by atoms with van der Waals surface area (Å²) in [6.45, 7) is 7.12. The first kappa shape index (κ1) is 17.2. The zero-order valence-corrected chi connectivity index (χ0v) is 15.3. The van der Waals surface area contributed by atoms with Crippen molar-refractivity contribution in [1.29, 1.82) is 0 Å². The minimum Gasteiger partial charge on any atom is -0.438 e. The molecular weight excluding hydrogens is 333 g/mol. The Hall–Kier alpha value is -2.25. The molecule has 7 heteroatoms. The number of fused-ring (bicyclic) bond motifs is 1. The van der Waals surface area contributed by atoms with Crippen LogP contribution in [0.3, 0.4) is 0 Å². The Morgan fingerprint density at radius 2 is 1.96 bits per heavy atom. The quantitative estimate of drug-likeness (QED) is 0.908. The summed E-state index contributed by atoms with van der Waals surface area (Å²) in [4.78, 5) is 14.1. The maximum absolute atomic E-state index is 13.5. The van der Waals surface area contributed by atoms with Crippen LogP contribution in [0.2, 0.25) is 0 Å². The van der Waals surface area contributed by atoms with Crippen LogP contribution in [0, 0.1) is 12.7 Å². The van der Waals surface area contributed by atoms with E-state index in [1.807, 2.05) is 0 Å². The van der Waals surface area contributed by atoms with E-state index in [4.69, 9.17) is 14.7 Å². The van der Waals surface area contributed by atoms with Gasteiger partial charge in [0.05, 0.1) is 11.3 Å². The van der Waals surface area contributed by atoms with E-state index in [1.54, 1.807) is 19.1 Å². The Labute approximate surface area is 153 Å². The molecule has 1 fully saturated rings. The number of piperazine rings is 1. The lowest BCUT2D eigenvalue weighted by atomic mass is 10.1. The van der Waals surface area contributed by atoms with Gasteiger partial charge < -0.3 is 19.9 Å². The molecule has 2 aliphatic rings. The summed E-state index contributed by atoms with van der Waals surface area (Å²) in [6.07, 6.45) is 0.859. The molecule has 0 unspecified atom stereocenters. The molecular formula is C19H24FN5O. The standard InChI is InChI=1S/C19H24FN5O/c1-13-11-14(3-4-16(13)20)26-18-15-12-21-6-5-17(15)22-19(23-18)25-9-7-24(2)8-10-25/h3-4,11,21H,5-10,12H2,1-2H3. The van der Waals surface area contributed by atoms with E-state index in [9.17, 15) is 4.39 Å². The molecule has 2 aromatic rings. The van der Waals surface area contributed by atoms with Gasteiger partial charge >= 0.3 is 0 Å². The van der Waals surface area contributed by atoms with Crippen LogP contribution < -0.4 is 15.0 Å². The van der Waals surface area contributed by atoms with Gasteiger partial charge in [-0.1, -0.05) is 0 Å². The maximum Gasteiger partial charge on any atom is 0.228 e. The fourth-order valence-corrected chi connectivity index (χ4v) is 3.32. The van der Waals surface area contributed by atoms with Crippen molar-refractivity contribution in [3.05, 3.63) is 40.8 Å². The number of aromatic nitrogens is 2. The minimum atomic E-state index is -0.234. The Morgan fingerprint density at radius 1 is 1.15 bits per heavy atom. The van der Waals surface area contributed by atoms with Crippen LogP contribution in [0.4, 0.5) is 10.3 Å². The van der Waals surface area contributed by atoms with Crippen LogP contribution in [-0.4, -0.2) is 54.6 Å². The fourth-order valence-electron chi connectivity index (χ4n) is 3.32. The first-order valence-corrected chi connectivity index (χ1v) is 9.08. The molecule has 138 valence electrons.